The van der Waals surface area contributed by atoms with Gasteiger partial charge < -0.3 is 0 Å². The zero-order valence-corrected chi connectivity index (χ0v) is 25.0. The summed E-state index contributed by atoms with van der Waals surface area (Å²) in [5.74, 6) is 0. The summed E-state index contributed by atoms with van der Waals surface area (Å²) in [7, 11) is 0. The fourth-order valence-corrected chi connectivity index (χ4v) is 4.86. The number of hydrogen-bond acceptors (Lipinski definition) is 0. The second kappa shape index (κ2) is 15.0. The van der Waals surface area contributed by atoms with E-state index in [1.807, 2.05) is 19.1 Å². The second-order valence-electron chi connectivity index (χ2n) is 10.3. The summed E-state index contributed by atoms with van der Waals surface area (Å²) < 4.78 is 160. The van der Waals surface area contributed by atoms with E-state index in [9.17, 15) is 52.7 Å². The molecule has 0 saturated heterocycles. The van der Waals surface area contributed by atoms with E-state index in [-0.39, 0.29) is 31.8 Å². The molecule has 0 saturated carbocycles. The fraction of sp³-hybridized carbons (Fsp3) is 0.294. The third-order valence-electron chi connectivity index (χ3n) is 7.39. The maximum absolute atomic E-state index is 13.7. The van der Waals surface area contributed by atoms with Crippen LogP contribution in [-0.4, -0.2) is 24.7 Å². The molecule has 4 aromatic rings. The molecule has 0 spiro atoms. The maximum atomic E-state index is 13.7. The van der Waals surface area contributed by atoms with Crippen LogP contribution in [0.2, 0.25) is 10.0 Å². The highest BCUT2D eigenvalue weighted by Gasteiger charge is 2.72. The summed E-state index contributed by atoms with van der Waals surface area (Å²) in [4.78, 5) is 0. The number of benzene rings is 4. The molecule has 0 aliphatic heterocycles. The van der Waals surface area contributed by atoms with Gasteiger partial charge in [0.1, 0.15) is 0 Å². The average Bonchev–Trinajstić information content (AvgIpc) is 2.93. The second-order valence-corrected chi connectivity index (χ2v) is 11.2. The molecule has 0 aliphatic carbocycles. The molecule has 0 radical (unpaired) electrons. The van der Waals surface area contributed by atoms with Gasteiger partial charge in [-0.15, -0.1) is 0 Å². The van der Waals surface area contributed by atoms with E-state index >= 15 is 0 Å². The van der Waals surface area contributed by atoms with E-state index in [0.717, 1.165) is 71.8 Å². The van der Waals surface area contributed by atoms with Crippen LogP contribution < -0.4 is 0 Å². The van der Waals surface area contributed by atoms with E-state index < -0.39 is 52.2 Å². The topological polar surface area (TPSA) is 0 Å². The van der Waals surface area contributed by atoms with Crippen molar-refractivity contribution in [3.63, 3.8) is 0 Å². The predicted molar refractivity (Wildman–Crippen MR) is 165 cm³/mol. The molecule has 4 aromatic carbocycles. The van der Waals surface area contributed by atoms with Crippen LogP contribution in [0, 0.1) is 6.92 Å². The van der Waals surface area contributed by atoms with Gasteiger partial charge in [-0.3, -0.25) is 0 Å². The number of hydrogen-bond donors (Lipinski definition) is 0. The van der Waals surface area contributed by atoms with Gasteiger partial charge in [-0.25, -0.2) is 0 Å². The first kappa shape index (κ1) is 42.6. The van der Waals surface area contributed by atoms with Gasteiger partial charge in [0.15, 0.2) is 5.41 Å². The molecule has 0 aromatic heterocycles. The molecule has 48 heavy (non-hydrogen) atoms. The molecule has 0 bridgehead atoms. The van der Waals surface area contributed by atoms with Gasteiger partial charge in [-0.1, -0.05) is 116 Å². The van der Waals surface area contributed by atoms with Gasteiger partial charge in [0, 0.05) is 10.0 Å². The minimum absolute atomic E-state index is 0. The van der Waals surface area contributed by atoms with E-state index in [1.165, 1.54) is 12.1 Å². The van der Waals surface area contributed by atoms with Gasteiger partial charge in [0.05, 0.1) is 0 Å². The molecule has 0 N–H and O–H groups in total. The van der Waals surface area contributed by atoms with E-state index in [4.69, 9.17) is 23.2 Å². The van der Waals surface area contributed by atoms with Crippen LogP contribution in [0.3, 0.4) is 0 Å². The Balaban J connectivity index is 0.000000461. The van der Waals surface area contributed by atoms with Crippen molar-refractivity contribution >= 4 is 23.2 Å². The lowest BCUT2D eigenvalue weighted by Crippen LogP contribution is -2.54. The minimum atomic E-state index is -5.62. The Morgan fingerprint density at radius 3 is 0.938 bits per heavy atom. The Hall–Kier alpha value is -3.38. The Bertz CT molecular complexity index is 1510. The molecule has 4 rings (SSSR count). The third-order valence-corrected chi connectivity index (χ3v) is 7.89. The molecule has 0 nitrogen and oxygen atoms in total. The molecule has 0 unspecified atom stereocenters. The molecule has 14 heteroatoms. The van der Waals surface area contributed by atoms with E-state index in [1.54, 1.807) is 12.1 Å². The van der Waals surface area contributed by atoms with Crippen molar-refractivity contribution in [3.05, 3.63) is 129 Å². The van der Waals surface area contributed by atoms with Gasteiger partial charge in [-0.2, -0.15) is 52.7 Å². The van der Waals surface area contributed by atoms with Crippen LogP contribution in [0.25, 0.3) is 11.1 Å². The summed E-state index contributed by atoms with van der Waals surface area (Å²) in [6, 6.07) is 18.3. The smallest absolute Gasteiger partial charge is 0.170 e. The highest BCUT2D eigenvalue weighted by atomic mass is 35.5. The largest absolute Gasteiger partial charge is 0.411 e. The molecule has 0 fully saturated rings. The van der Waals surface area contributed by atoms with E-state index in [2.05, 4.69) is 0 Å². The SMILES string of the molecule is C.C.Cc1ccc(-c2ccc(C(C)(C(F)(F)F)C(F)(F)F)cc2)cc1.FC(F)(F)C(c1ccc(Cl)cc1)(c1ccc(Cl)cc1)C(F)(F)F. The van der Waals surface area contributed by atoms with Crippen LogP contribution in [-0.2, 0) is 10.8 Å². The molecule has 0 atom stereocenters. The maximum Gasteiger partial charge on any atom is 0.411 e. The quantitative estimate of drug-likeness (QED) is 0.183. The molecular weight excluding hydrogens is 707 g/mol. The number of rotatable bonds is 4. The molecule has 0 aliphatic rings. The highest BCUT2D eigenvalue weighted by Crippen LogP contribution is 2.56. The monoisotopic (exact) mass is 736 g/mol. The van der Waals surface area contributed by atoms with Gasteiger partial charge in [0.25, 0.3) is 0 Å². The first-order valence-corrected chi connectivity index (χ1v) is 13.7. The van der Waals surface area contributed by atoms with Gasteiger partial charge >= 0.3 is 24.7 Å². The zero-order chi connectivity index (χ0) is 34.9. The summed E-state index contributed by atoms with van der Waals surface area (Å²) in [6.07, 6.45) is -22.1. The Morgan fingerprint density at radius 2 is 0.667 bits per heavy atom. The van der Waals surface area contributed by atoms with Crippen molar-refractivity contribution in [2.24, 2.45) is 0 Å². The predicted octanol–water partition coefficient (Wildman–Crippen LogP) is 13.7. The van der Waals surface area contributed by atoms with Gasteiger partial charge in [0.2, 0.25) is 5.41 Å². The molecule has 264 valence electrons. The Morgan fingerprint density at radius 1 is 0.396 bits per heavy atom. The normalized spacial score (nSPS) is 12.7. The fourth-order valence-electron chi connectivity index (χ4n) is 4.61. The Kier molecular flexibility index (Phi) is 13.3. The lowest BCUT2D eigenvalue weighted by Gasteiger charge is -2.38. The summed E-state index contributed by atoms with van der Waals surface area (Å²) in [6.45, 7) is 2.04. The zero-order valence-electron chi connectivity index (χ0n) is 23.5. The average molecular weight is 737 g/mol. The lowest BCUT2D eigenvalue weighted by atomic mass is 9.73. The van der Waals surface area contributed by atoms with Crippen molar-refractivity contribution in [2.45, 2.75) is 64.2 Å². The summed E-state index contributed by atoms with van der Waals surface area (Å²) >= 11 is 11.2. The molecule has 0 heterocycles. The first-order valence-electron chi connectivity index (χ1n) is 12.9. The van der Waals surface area contributed by atoms with Crippen molar-refractivity contribution < 1.29 is 52.7 Å². The van der Waals surface area contributed by atoms with Crippen LogP contribution in [0.5, 0.6) is 0 Å². The Labute approximate surface area is 280 Å². The lowest BCUT2D eigenvalue weighted by molar-refractivity contribution is -0.297. The summed E-state index contributed by atoms with van der Waals surface area (Å²) in [5.41, 5.74) is -8.54. The molecule has 0 amide bonds. The van der Waals surface area contributed by atoms with Crippen LogP contribution in [0.15, 0.2) is 97.1 Å². The van der Waals surface area contributed by atoms with E-state index in [0.29, 0.717) is 5.56 Å². The summed E-state index contributed by atoms with van der Waals surface area (Å²) in [5, 5.41) is 0.0613. The standard InChI is InChI=1S/C17H14F6.C15H8Cl2F6.2CH4/c1-11-3-5-12(6-4-11)13-7-9-14(10-8-13)15(2,16(18,19)20)17(21,22)23;16-11-5-1-9(2-6-11)13(14(18,19)20,15(21,22)23)10-3-7-12(17)8-4-10;;/h3-10H,1-2H3;1-8H;2*1H4. The van der Waals surface area contributed by atoms with Crippen LogP contribution in [0.4, 0.5) is 52.7 Å². The molecular formula is C34H30Cl2F12. The van der Waals surface area contributed by atoms with Crippen molar-refractivity contribution in [1.82, 2.24) is 0 Å². The van der Waals surface area contributed by atoms with Crippen molar-refractivity contribution in [2.75, 3.05) is 0 Å². The third kappa shape index (κ3) is 8.25. The minimum Gasteiger partial charge on any atom is -0.170 e. The highest BCUT2D eigenvalue weighted by molar-refractivity contribution is 6.30. The van der Waals surface area contributed by atoms with Crippen LogP contribution >= 0.6 is 23.2 Å². The number of aryl methyl sites for hydroxylation is 1. The van der Waals surface area contributed by atoms with Crippen LogP contribution in [0.1, 0.15) is 44.0 Å². The number of alkyl halides is 12. The first-order chi connectivity index (χ1) is 21.0. The number of halogens is 14. The van der Waals surface area contributed by atoms with Gasteiger partial charge in [-0.05, 0) is 65.9 Å². The van der Waals surface area contributed by atoms with Crippen molar-refractivity contribution in [3.8, 4) is 11.1 Å². The van der Waals surface area contributed by atoms with Crippen molar-refractivity contribution in [1.29, 1.82) is 0 Å².